The number of hydrogen-bond acceptors (Lipinski definition) is 5. The highest BCUT2D eigenvalue weighted by molar-refractivity contribution is 6.03. The van der Waals surface area contributed by atoms with E-state index in [1.165, 1.54) is 57.2 Å². The van der Waals surface area contributed by atoms with Gasteiger partial charge in [0.1, 0.15) is 0 Å². The lowest BCUT2D eigenvalue weighted by Crippen LogP contribution is -2.52. The van der Waals surface area contributed by atoms with Crippen molar-refractivity contribution in [1.29, 1.82) is 0 Å². The van der Waals surface area contributed by atoms with E-state index in [1.807, 2.05) is 11.7 Å². The van der Waals surface area contributed by atoms with E-state index in [-0.39, 0.29) is 17.7 Å². The smallest absolute Gasteiger partial charge is 0.235 e. The maximum Gasteiger partial charge on any atom is 0.235 e. The molecule has 1 N–H and O–H groups in total. The highest BCUT2D eigenvalue weighted by atomic mass is 16.2. The number of piperidine rings is 1. The van der Waals surface area contributed by atoms with Crippen LogP contribution in [0.1, 0.15) is 76.3 Å². The Morgan fingerprint density at radius 2 is 1.91 bits per heavy atom. The second-order valence-corrected chi connectivity index (χ2v) is 10.7. The molecule has 1 aliphatic carbocycles. The number of benzene rings is 1. The zero-order valence-electron chi connectivity index (χ0n) is 20.8. The average molecular weight is 466 g/mol. The molecular weight excluding hydrogens is 426 g/mol. The molecule has 7 heteroatoms. The summed E-state index contributed by atoms with van der Waals surface area (Å²) in [5, 5.41) is 8.28. The molecule has 0 radical (unpaired) electrons. The normalized spacial score (nSPS) is 25.2. The molecule has 184 valence electrons. The summed E-state index contributed by atoms with van der Waals surface area (Å²) in [7, 11) is 1.96. The van der Waals surface area contributed by atoms with Crippen molar-refractivity contribution in [2.45, 2.75) is 76.7 Å². The lowest BCUT2D eigenvalue weighted by atomic mass is 9.86. The van der Waals surface area contributed by atoms with E-state index in [2.05, 4.69) is 40.2 Å². The third kappa shape index (κ3) is 4.72. The van der Waals surface area contributed by atoms with Crippen LogP contribution in [0.25, 0.3) is 10.9 Å². The van der Waals surface area contributed by atoms with E-state index < -0.39 is 0 Å². The van der Waals surface area contributed by atoms with Crippen LogP contribution < -0.4 is 10.2 Å². The number of aryl methyl sites for hydroxylation is 1. The number of para-hydroxylation sites is 1. The van der Waals surface area contributed by atoms with Crippen molar-refractivity contribution in [3.8, 4) is 0 Å². The number of aromatic nitrogens is 2. The van der Waals surface area contributed by atoms with Crippen molar-refractivity contribution in [2.75, 3.05) is 31.1 Å². The summed E-state index contributed by atoms with van der Waals surface area (Å²) >= 11 is 0. The van der Waals surface area contributed by atoms with Gasteiger partial charge in [-0.15, -0.1) is 0 Å². The number of piperazine rings is 1. The first-order chi connectivity index (χ1) is 16.5. The second kappa shape index (κ2) is 10.1. The van der Waals surface area contributed by atoms with Gasteiger partial charge < -0.3 is 4.90 Å². The Morgan fingerprint density at radius 1 is 1.09 bits per heavy atom. The van der Waals surface area contributed by atoms with Crippen LogP contribution in [0.3, 0.4) is 0 Å². The summed E-state index contributed by atoms with van der Waals surface area (Å²) in [5.41, 5.74) is 3.07. The Balaban J connectivity index is 1.27. The molecule has 3 fully saturated rings. The fourth-order valence-corrected chi connectivity index (χ4v) is 6.42. The molecule has 2 amide bonds. The van der Waals surface area contributed by atoms with E-state index in [0.29, 0.717) is 18.9 Å². The van der Waals surface area contributed by atoms with Gasteiger partial charge in [0.05, 0.1) is 22.8 Å². The van der Waals surface area contributed by atoms with Gasteiger partial charge in [-0.25, -0.2) is 0 Å². The predicted octanol–water partition coefficient (Wildman–Crippen LogP) is 3.96. The second-order valence-electron chi connectivity index (χ2n) is 10.7. The first kappa shape index (κ1) is 23.3. The third-order valence-electron chi connectivity index (χ3n) is 8.33. The summed E-state index contributed by atoms with van der Waals surface area (Å²) in [6, 6.07) is 6.84. The summed E-state index contributed by atoms with van der Waals surface area (Å²) in [6.45, 7) is 6.65. The topological polar surface area (TPSA) is 70.5 Å². The number of fused-ring (bicyclic) bond motifs is 1. The standard InChI is InChI=1S/C27H39N5O2/c1-19-18-32(17-16-31(19)15-7-10-20-8-4-3-5-9-20)23-12-6-11-21-25(29-30(2)26(21)23)22-13-14-24(33)28-27(22)34/h6,11-12,19-20,22H,3-5,7-10,13-18H2,1-2H3,(H,28,33,34)/t19-,22?/m1/s1. The van der Waals surface area contributed by atoms with Crippen molar-refractivity contribution in [2.24, 2.45) is 13.0 Å². The van der Waals surface area contributed by atoms with Crippen LogP contribution in [0.4, 0.5) is 5.69 Å². The molecule has 0 spiro atoms. The number of imide groups is 1. The molecule has 5 rings (SSSR count). The largest absolute Gasteiger partial charge is 0.367 e. The minimum absolute atomic E-state index is 0.187. The summed E-state index contributed by atoms with van der Waals surface area (Å²) in [4.78, 5) is 29.3. The third-order valence-corrected chi connectivity index (χ3v) is 8.33. The number of carbonyl (C=O) groups is 2. The van der Waals surface area contributed by atoms with Crippen LogP contribution in [-0.2, 0) is 16.6 Å². The molecule has 7 nitrogen and oxygen atoms in total. The Kier molecular flexibility index (Phi) is 6.91. The lowest BCUT2D eigenvalue weighted by Gasteiger charge is -2.41. The number of nitrogens with one attached hydrogen (secondary N) is 1. The lowest BCUT2D eigenvalue weighted by molar-refractivity contribution is -0.134. The molecule has 1 saturated carbocycles. The van der Waals surface area contributed by atoms with Gasteiger partial charge >= 0.3 is 0 Å². The van der Waals surface area contributed by atoms with Gasteiger partial charge in [0.2, 0.25) is 11.8 Å². The van der Waals surface area contributed by atoms with Crippen LogP contribution >= 0.6 is 0 Å². The van der Waals surface area contributed by atoms with Gasteiger partial charge in [0, 0.05) is 44.5 Å². The van der Waals surface area contributed by atoms with Gasteiger partial charge in [0.15, 0.2) is 0 Å². The Bertz CT molecular complexity index is 1040. The summed E-state index contributed by atoms with van der Waals surface area (Å²) in [5.74, 6) is 0.188. The summed E-state index contributed by atoms with van der Waals surface area (Å²) in [6.07, 6.45) is 10.8. The fourth-order valence-electron chi connectivity index (χ4n) is 6.42. The van der Waals surface area contributed by atoms with E-state index in [4.69, 9.17) is 5.10 Å². The Morgan fingerprint density at radius 3 is 2.68 bits per heavy atom. The van der Waals surface area contributed by atoms with Crippen molar-refractivity contribution >= 4 is 28.4 Å². The van der Waals surface area contributed by atoms with E-state index in [1.54, 1.807) is 0 Å². The molecule has 0 bridgehead atoms. The van der Waals surface area contributed by atoms with Crippen molar-refractivity contribution in [3.63, 3.8) is 0 Å². The maximum absolute atomic E-state index is 12.5. The molecule has 2 atom stereocenters. The van der Waals surface area contributed by atoms with Crippen LogP contribution in [0.2, 0.25) is 0 Å². The minimum atomic E-state index is -0.364. The number of nitrogens with zero attached hydrogens (tertiary/aromatic N) is 4. The van der Waals surface area contributed by atoms with Crippen LogP contribution in [0.5, 0.6) is 0 Å². The predicted molar refractivity (Wildman–Crippen MR) is 135 cm³/mol. The monoisotopic (exact) mass is 465 g/mol. The van der Waals surface area contributed by atoms with E-state index in [0.717, 1.165) is 42.1 Å². The van der Waals surface area contributed by atoms with Crippen LogP contribution in [0, 0.1) is 5.92 Å². The van der Waals surface area contributed by atoms with E-state index >= 15 is 0 Å². The Labute approximate surface area is 202 Å². The Hall–Kier alpha value is -2.41. The number of hydrogen-bond donors (Lipinski definition) is 1. The van der Waals surface area contributed by atoms with Gasteiger partial charge in [-0.2, -0.15) is 5.10 Å². The molecule has 3 aliphatic rings. The molecular formula is C27H39N5O2. The molecule has 1 unspecified atom stereocenters. The van der Waals surface area contributed by atoms with Crippen molar-refractivity contribution in [1.82, 2.24) is 20.0 Å². The molecule has 2 saturated heterocycles. The molecule has 1 aromatic carbocycles. The molecule has 2 aliphatic heterocycles. The van der Waals surface area contributed by atoms with Crippen molar-refractivity contribution in [3.05, 3.63) is 23.9 Å². The average Bonchev–Trinajstić information content (AvgIpc) is 3.17. The number of anilines is 1. The van der Waals surface area contributed by atoms with E-state index in [9.17, 15) is 9.59 Å². The van der Waals surface area contributed by atoms with Gasteiger partial charge in [-0.3, -0.25) is 24.5 Å². The highest BCUT2D eigenvalue weighted by Gasteiger charge is 2.33. The van der Waals surface area contributed by atoms with Crippen molar-refractivity contribution < 1.29 is 9.59 Å². The minimum Gasteiger partial charge on any atom is -0.367 e. The number of amides is 2. The molecule has 3 heterocycles. The zero-order chi connectivity index (χ0) is 23.7. The number of rotatable bonds is 6. The van der Waals surface area contributed by atoms with Gasteiger partial charge in [-0.05, 0) is 44.7 Å². The number of carbonyl (C=O) groups excluding carboxylic acids is 2. The highest BCUT2D eigenvalue weighted by Crippen LogP contribution is 2.35. The summed E-state index contributed by atoms with van der Waals surface area (Å²) < 4.78 is 1.92. The molecule has 1 aromatic heterocycles. The van der Waals surface area contributed by atoms with Crippen LogP contribution in [-0.4, -0.2) is 58.7 Å². The first-order valence-electron chi connectivity index (χ1n) is 13.3. The molecule has 2 aromatic rings. The van der Waals surface area contributed by atoms with Gasteiger partial charge in [0.25, 0.3) is 0 Å². The SMILES string of the molecule is C[C@@H]1CN(c2cccc3c(C4CCC(=O)NC4=O)nn(C)c23)CCN1CCCC1CCCCC1. The zero-order valence-corrected chi connectivity index (χ0v) is 20.8. The van der Waals surface area contributed by atoms with Gasteiger partial charge in [-0.1, -0.05) is 44.2 Å². The van der Waals surface area contributed by atoms with Crippen LogP contribution in [0.15, 0.2) is 18.2 Å². The fraction of sp³-hybridized carbons (Fsp3) is 0.667. The quantitative estimate of drug-likeness (QED) is 0.654. The maximum atomic E-state index is 12.5. The molecule has 34 heavy (non-hydrogen) atoms. The first-order valence-corrected chi connectivity index (χ1v) is 13.3.